The molecule has 0 fully saturated rings. The second kappa shape index (κ2) is 9.76. The van der Waals surface area contributed by atoms with E-state index in [4.69, 9.17) is 4.74 Å². The van der Waals surface area contributed by atoms with Crippen LogP contribution in [0.5, 0.6) is 0 Å². The lowest BCUT2D eigenvalue weighted by Gasteiger charge is -2.14. The van der Waals surface area contributed by atoms with Crippen molar-refractivity contribution >= 4 is 23.3 Å². The molecule has 0 aliphatic rings. The van der Waals surface area contributed by atoms with E-state index >= 15 is 0 Å². The van der Waals surface area contributed by atoms with Crippen LogP contribution in [0.4, 0.5) is 11.4 Å². The Morgan fingerprint density at radius 3 is 2.44 bits per heavy atom. The molecule has 0 bridgehead atoms. The first-order chi connectivity index (χ1) is 12.9. The molecule has 2 aromatic carbocycles. The molecule has 27 heavy (non-hydrogen) atoms. The van der Waals surface area contributed by atoms with Crippen molar-refractivity contribution < 1.29 is 14.3 Å². The average Bonchev–Trinajstić information content (AvgIpc) is 2.63. The number of hydrogen-bond acceptors (Lipinski definition) is 4. The van der Waals surface area contributed by atoms with Crippen molar-refractivity contribution in [2.45, 2.75) is 34.1 Å². The average molecular weight is 368 g/mol. The SMILES string of the molecule is Cc1cccc(Nc2ccccc2C(=O)OCC(=O)NCCC(C)C)c1C. The molecule has 0 unspecified atom stereocenters. The molecule has 5 heteroatoms. The van der Waals surface area contributed by atoms with E-state index in [0.717, 1.165) is 23.2 Å². The van der Waals surface area contributed by atoms with Gasteiger partial charge in [0.1, 0.15) is 0 Å². The fourth-order valence-electron chi connectivity index (χ4n) is 2.56. The zero-order chi connectivity index (χ0) is 19.8. The highest BCUT2D eigenvalue weighted by molar-refractivity contribution is 5.97. The number of ether oxygens (including phenoxy) is 1. The number of esters is 1. The quantitative estimate of drug-likeness (QED) is 0.679. The summed E-state index contributed by atoms with van der Waals surface area (Å²) in [6.07, 6.45) is 0.891. The monoisotopic (exact) mass is 368 g/mol. The molecule has 144 valence electrons. The summed E-state index contributed by atoms with van der Waals surface area (Å²) in [6.45, 7) is 8.55. The summed E-state index contributed by atoms with van der Waals surface area (Å²) in [4.78, 5) is 24.3. The largest absolute Gasteiger partial charge is 0.452 e. The van der Waals surface area contributed by atoms with E-state index in [0.29, 0.717) is 23.7 Å². The number of nitrogens with one attached hydrogen (secondary N) is 2. The van der Waals surface area contributed by atoms with Gasteiger partial charge in [-0.2, -0.15) is 0 Å². The lowest BCUT2D eigenvalue weighted by Crippen LogP contribution is -2.30. The van der Waals surface area contributed by atoms with E-state index in [1.165, 1.54) is 0 Å². The molecule has 2 N–H and O–H groups in total. The Bertz CT molecular complexity index is 800. The first kappa shape index (κ1) is 20.5. The van der Waals surface area contributed by atoms with Gasteiger partial charge in [-0.3, -0.25) is 4.79 Å². The Morgan fingerprint density at radius 1 is 1.00 bits per heavy atom. The lowest BCUT2D eigenvalue weighted by atomic mass is 10.1. The summed E-state index contributed by atoms with van der Waals surface area (Å²) < 4.78 is 5.19. The Labute approximate surface area is 161 Å². The molecular weight excluding hydrogens is 340 g/mol. The van der Waals surface area contributed by atoms with Gasteiger partial charge in [-0.1, -0.05) is 38.1 Å². The summed E-state index contributed by atoms with van der Waals surface area (Å²) in [5.74, 6) is -0.303. The standard InChI is InChI=1S/C22H28N2O3/c1-15(2)12-13-23-21(25)14-27-22(26)18-9-5-6-10-20(18)24-19-11-7-8-16(3)17(19)4/h5-11,15,24H,12-14H2,1-4H3,(H,23,25). The highest BCUT2D eigenvalue weighted by atomic mass is 16.5. The fourth-order valence-corrected chi connectivity index (χ4v) is 2.56. The maximum absolute atomic E-state index is 12.5. The first-order valence-corrected chi connectivity index (χ1v) is 9.24. The third-order valence-corrected chi connectivity index (χ3v) is 4.40. The van der Waals surface area contributed by atoms with Gasteiger partial charge in [-0.15, -0.1) is 0 Å². The number of benzene rings is 2. The number of para-hydroxylation sites is 1. The van der Waals surface area contributed by atoms with Crippen LogP contribution in [-0.4, -0.2) is 25.0 Å². The van der Waals surface area contributed by atoms with E-state index in [-0.39, 0.29) is 12.5 Å². The summed E-state index contributed by atoms with van der Waals surface area (Å²) in [5, 5.41) is 6.05. The lowest BCUT2D eigenvalue weighted by molar-refractivity contribution is -0.124. The number of rotatable bonds is 8. The molecule has 0 aromatic heterocycles. The van der Waals surface area contributed by atoms with Gasteiger partial charge in [-0.25, -0.2) is 4.79 Å². The molecule has 0 spiro atoms. The first-order valence-electron chi connectivity index (χ1n) is 9.24. The molecule has 1 amide bonds. The molecule has 0 heterocycles. The Hall–Kier alpha value is -2.82. The van der Waals surface area contributed by atoms with Crippen molar-refractivity contribution in [3.05, 3.63) is 59.2 Å². The third kappa shape index (κ3) is 6.13. The number of anilines is 2. The van der Waals surface area contributed by atoms with Crippen LogP contribution in [0.15, 0.2) is 42.5 Å². The van der Waals surface area contributed by atoms with Gasteiger partial charge < -0.3 is 15.4 Å². The second-order valence-electron chi connectivity index (χ2n) is 7.03. The van der Waals surface area contributed by atoms with Gasteiger partial charge in [0.15, 0.2) is 6.61 Å². The van der Waals surface area contributed by atoms with Crippen LogP contribution in [0, 0.1) is 19.8 Å². The molecule has 0 aliphatic heterocycles. The summed E-state index contributed by atoms with van der Waals surface area (Å²) >= 11 is 0. The van der Waals surface area contributed by atoms with Gasteiger partial charge in [0, 0.05) is 12.2 Å². The van der Waals surface area contributed by atoms with Gasteiger partial charge in [0.25, 0.3) is 5.91 Å². The minimum atomic E-state index is -0.526. The van der Waals surface area contributed by atoms with E-state index in [1.54, 1.807) is 12.1 Å². The highest BCUT2D eigenvalue weighted by Crippen LogP contribution is 2.25. The summed E-state index contributed by atoms with van der Waals surface area (Å²) in [6, 6.07) is 13.1. The number of carbonyl (C=O) groups is 2. The van der Waals surface area contributed by atoms with Crippen LogP contribution in [0.3, 0.4) is 0 Å². The van der Waals surface area contributed by atoms with E-state index in [9.17, 15) is 9.59 Å². The third-order valence-electron chi connectivity index (χ3n) is 4.40. The van der Waals surface area contributed by atoms with Crippen LogP contribution in [0.1, 0.15) is 41.8 Å². The molecule has 5 nitrogen and oxygen atoms in total. The zero-order valence-corrected chi connectivity index (χ0v) is 16.5. The number of carbonyl (C=O) groups excluding carboxylic acids is 2. The van der Waals surface area contributed by atoms with Gasteiger partial charge in [0.2, 0.25) is 0 Å². The maximum atomic E-state index is 12.5. The summed E-state index contributed by atoms with van der Waals surface area (Å²) in [7, 11) is 0. The molecule has 2 aromatic rings. The van der Waals surface area contributed by atoms with Crippen LogP contribution in [0.25, 0.3) is 0 Å². The van der Waals surface area contributed by atoms with Crippen molar-refractivity contribution in [3.63, 3.8) is 0 Å². The summed E-state index contributed by atoms with van der Waals surface area (Å²) in [5.41, 5.74) is 4.26. The Kier molecular flexibility index (Phi) is 7.41. The Balaban J connectivity index is 2.01. The molecule has 0 saturated heterocycles. The minimum absolute atomic E-state index is 0.283. The van der Waals surface area contributed by atoms with Crippen LogP contribution in [-0.2, 0) is 9.53 Å². The van der Waals surface area contributed by atoms with Crippen LogP contribution in [0.2, 0.25) is 0 Å². The van der Waals surface area contributed by atoms with Gasteiger partial charge in [-0.05, 0) is 55.5 Å². The van der Waals surface area contributed by atoms with E-state index in [2.05, 4.69) is 24.5 Å². The van der Waals surface area contributed by atoms with Crippen molar-refractivity contribution in [3.8, 4) is 0 Å². The molecule has 0 saturated carbocycles. The predicted octanol–water partition coefficient (Wildman–Crippen LogP) is 4.37. The smallest absolute Gasteiger partial charge is 0.340 e. The minimum Gasteiger partial charge on any atom is -0.452 e. The maximum Gasteiger partial charge on any atom is 0.340 e. The molecule has 0 aliphatic carbocycles. The Morgan fingerprint density at radius 2 is 1.70 bits per heavy atom. The molecule has 0 radical (unpaired) electrons. The van der Waals surface area contributed by atoms with Crippen molar-refractivity contribution in [1.29, 1.82) is 0 Å². The van der Waals surface area contributed by atoms with Crippen molar-refractivity contribution in [2.24, 2.45) is 5.92 Å². The second-order valence-corrected chi connectivity index (χ2v) is 7.03. The van der Waals surface area contributed by atoms with Crippen LogP contribution >= 0.6 is 0 Å². The molecule has 2 rings (SSSR count). The van der Waals surface area contributed by atoms with Gasteiger partial charge in [0.05, 0.1) is 11.3 Å². The van der Waals surface area contributed by atoms with E-state index < -0.39 is 5.97 Å². The van der Waals surface area contributed by atoms with Crippen LogP contribution < -0.4 is 10.6 Å². The van der Waals surface area contributed by atoms with Crippen molar-refractivity contribution in [1.82, 2.24) is 5.32 Å². The normalized spacial score (nSPS) is 10.6. The predicted molar refractivity (Wildman–Crippen MR) is 108 cm³/mol. The molecular formula is C22H28N2O3. The zero-order valence-electron chi connectivity index (χ0n) is 16.5. The van der Waals surface area contributed by atoms with Gasteiger partial charge >= 0.3 is 5.97 Å². The number of amides is 1. The topological polar surface area (TPSA) is 67.4 Å². The highest BCUT2D eigenvalue weighted by Gasteiger charge is 2.15. The number of aryl methyl sites for hydroxylation is 1. The fraction of sp³-hybridized carbons (Fsp3) is 0.364. The molecule has 0 atom stereocenters. The number of hydrogen-bond donors (Lipinski definition) is 2. The van der Waals surface area contributed by atoms with Crippen molar-refractivity contribution in [2.75, 3.05) is 18.5 Å². The van der Waals surface area contributed by atoms with E-state index in [1.807, 2.05) is 44.2 Å².